The molecule has 1 amide bonds. The molecule has 0 atom stereocenters. The van der Waals surface area contributed by atoms with Gasteiger partial charge in [0.2, 0.25) is 0 Å². The lowest BCUT2D eigenvalue weighted by Gasteiger charge is -2.00. The maximum atomic E-state index is 13.1. The number of furan rings is 1. The van der Waals surface area contributed by atoms with Crippen molar-refractivity contribution in [1.82, 2.24) is 4.98 Å². The third-order valence-corrected chi connectivity index (χ3v) is 5.59. The van der Waals surface area contributed by atoms with E-state index in [0.717, 1.165) is 10.4 Å². The van der Waals surface area contributed by atoms with Gasteiger partial charge in [-0.15, -0.1) is 11.3 Å². The van der Waals surface area contributed by atoms with E-state index in [2.05, 4.69) is 34.6 Å². The minimum Gasteiger partial charge on any atom is -0.457 e. The fourth-order valence-electron chi connectivity index (χ4n) is 3.01. The first-order valence-electron chi connectivity index (χ1n) is 9.79. The van der Waals surface area contributed by atoms with Crippen LogP contribution in [0.15, 0.2) is 76.9 Å². The Balaban J connectivity index is 1.44. The van der Waals surface area contributed by atoms with Crippen molar-refractivity contribution in [1.29, 1.82) is 5.26 Å². The van der Waals surface area contributed by atoms with Gasteiger partial charge in [0.25, 0.3) is 5.91 Å². The van der Waals surface area contributed by atoms with Crippen LogP contribution in [0.1, 0.15) is 21.8 Å². The second kappa shape index (κ2) is 9.41. The van der Waals surface area contributed by atoms with Crippen LogP contribution in [-0.2, 0) is 11.2 Å². The molecule has 0 aliphatic carbocycles. The first-order chi connectivity index (χ1) is 15.5. The molecule has 4 aromatic rings. The summed E-state index contributed by atoms with van der Waals surface area (Å²) in [5, 5.41) is 12.5. The summed E-state index contributed by atoms with van der Waals surface area (Å²) < 4.78 is 18.8. The van der Waals surface area contributed by atoms with E-state index in [0.29, 0.717) is 28.6 Å². The highest BCUT2D eigenvalue weighted by atomic mass is 32.1. The first-order valence-corrected chi connectivity index (χ1v) is 10.6. The van der Waals surface area contributed by atoms with E-state index >= 15 is 0 Å². The molecular weight excluding hydrogens is 425 g/mol. The van der Waals surface area contributed by atoms with Gasteiger partial charge in [0, 0.05) is 29.1 Å². The second-order valence-corrected chi connectivity index (χ2v) is 8.24. The molecule has 0 unspecified atom stereocenters. The van der Waals surface area contributed by atoms with Crippen LogP contribution in [0.3, 0.4) is 0 Å². The molecule has 7 heteroatoms. The number of carbonyl (C=O) groups is 1. The Morgan fingerprint density at radius 2 is 1.91 bits per heavy atom. The van der Waals surface area contributed by atoms with Gasteiger partial charge in [-0.25, -0.2) is 9.37 Å². The molecule has 158 valence electrons. The number of thiazole rings is 1. The van der Waals surface area contributed by atoms with Crippen LogP contribution >= 0.6 is 11.3 Å². The summed E-state index contributed by atoms with van der Waals surface area (Å²) in [6.07, 6.45) is 3.80. The number of hydrogen-bond donors (Lipinski definition) is 1. The normalized spacial score (nSPS) is 11.2. The Bertz CT molecular complexity index is 1310. The van der Waals surface area contributed by atoms with E-state index in [4.69, 9.17) is 4.42 Å². The summed E-state index contributed by atoms with van der Waals surface area (Å²) >= 11 is 1.36. The monoisotopic (exact) mass is 443 g/mol. The molecule has 2 aromatic carbocycles. The van der Waals surface area contributed by atoms with E-state index in [1.54, 1.807) is 30.5 Å². The zero-order valence-electron chi connectivity index (χ0n) is 17.1. The highest BCUT2D eigenvalue weighted by molar-refractivity contribution is 7.15. The molecule has 32 heavy (non-hydrogen) atoms. The van der Waals surface area contributed by atoms with Crippen LogP contribution in [0, 0.1) is 24.1 Å². The van der Waals surface area contributed by atoms with Crippen molar-refractivity contribution in [3.63, 3.8) is 0 Å². The molecule has 4 rings (SSSR count). The van der Waals surface area contributed by atoms with Gasteiger partial charge in [0.05, 0.1) is 0 Å². The van der Waals surface area contributed by atoms with Crippen molar-refractivity contribution >= 4 is 28.5 Å². The molecule has 0 saturated heterocycles. The van der Waals surface area contributed by atoms with E-state index < -0.39 is 5.91 Å². The highest BCUT2D eigenvalue weighted by Gasteiger charge is 2.14. The van der Waals surface area contributed by atoms with Crippen molar-refractivity contribution in [2.24, 2.45) is 0 Å². The van der Waals surface area contributed by atoms with Gasteiger partial charge in [0.1, 0.15) is 29.0 Å². The van der Waals surface area contributed by atoms with Gasteiger partial charge in [0.15, 0.2) is 5.13 Å². The Morgan fingerprint density at radius 3 is 2.62 bits per heavy atom. The third kappa shape index (κ3) is 5.17. The Kier molecular flexibility index (Phi) is 6.24. The lowest BCUT2D eigenvalue weighted by molar-refractivity contribution is -0.112. The minimum absolute atomic E-state index is 0.111. The summed E-state index contributed by atoms with van der Waals surface area (Å²) in [5.74, 6) is -0.0543. The number of halogens is 1. The number of nitrogens with zero attached hydrogens (tertiary/aromatic N) is 2. The highest BCUT2D eigenvalue weighted by Crippen LogP contribution is 2.25. The molecule has 0 radical (unpaired) electrons. The van der Waals surface area contributed by atoms with Crippen LogP contribution in [0.4, 0.5) is 9.52 Å². The van der Waals surface area contributed by atoms with Gasteiger partial charge in [-0.05, 0) is 48.9 Å². The van der Waals surface area contributed by atoms with Gasteiger partial charge in [-0.1, -0.05) is 29.8 Å². The number of rotatable bonds is 6. The molecule has 0 aliphatic rings. The average molecular weight is 444 g/mol. The van der Waals surface area contributed by atoms with Gasteiger partial charge in [-0.2, -0.15) is 5.26 Å². The van der Waals surface area contributed by atoms with Crippen LogP contribution in [-0.4, -0.2) is 10.9 Å². The third-order valence-electron chi connectivity index (χ3n) is 4.68. The van der Waals surface area contributed by atoms with Crippen molar-refractivity contribution in [2.75, 3.05) is 5.32 Å². The van der Waals surface area contributed by atoms with Crippen LogP contribution in [0.25, 0.3) is 17.4 Å². The summed E-state index contributed by atoms with van der Waals surface area (Å²) in [4.78, 5) is 17.8. The van der Waals surface area contributed by atoms with E-state index in [9.17, 15) is 14.4 Å². The maximum absolute atomic E-state index is 13.1. The van der Waals surface area contributed by atoms with Gasteiger partial charge >= 0.3 is 0 Å². The fraction of sp³-hybridized carbons (Fsp3) is 0.0800. The minimum atomic E-state index is -0.566. The molecule has 0 fully saturated rings. The van der Waals surface area contributed by atoms with Crippen LogP contribution in [0.2, 0.25) is 0 Å². The molecule has 0 aliphatic heterocycles. The zero-order chi connectivity index (χ0) is 22.5. The maximum Gasteiger partial charge on any atom is 0.268 e. The van der Waals surface area contributed by atoms with Crippen LogP contribution < -0.4 is 5.32 Å². The molecule has 0 bridgehead atoms. The molecule has 0 saturated carbocycles. The zero-order valence-corrected chi connectivity index (χ0v) is 17.9. The topological polar surface area (TPSA) is 78.9 Å². The predicted molar refractivity (Wildman–Crippen MR) is 122 cm³/mol. The summed E-state index contributed by atoms with van der Waals surface area (Å²) in [6.45, 7) is 2.04. The molecule has 2 aromatic heterocycles. The lowest BCUT2D eigenvalue weighted by atomic mass is 10.1. The van der Waals surface area contributed by atoms with Crippen molar-refractivity contribution in [2.45, 2.75) is 13.3 Å². The Labute approximate surface area is 188 Å². The van der Waals surface area contributed by atoms with E-state index in [-0.39, 0.29) is 11.4 Å². The number of amides is 1. The number of aryl methyl sites for hydroxylation is 1. The number of carbonyl (C=O) groups excluding carboxylic acids is 1. The number of nitrogens with one attached hydrogen (secondary N) is 1. The van der Waals surface area contributed by atoms with Gasteiger partial charge < -0.3 is 4.42 Å². The SMILES string of the molecule is Cc1ccc(Cc2cnc(NC(=O)/C(C#N)=C\c3ccc(-c4ccc(F)cc4)o3)s2)cc1. The number of aromatic nitrogens is 1. The Hall–Kier alpha value is -4.02. The second-order valence-electron chi connectivity index (χ2n) is 7.13. The average Bonchev–Trinajstić information content (AvgIpc) is 3.43. The van der Waals surface area contributed by atoms with Gasteiger partial charge in [-0.3, -0.25) is 10.1 Å². The van der Waals surface area contributed by atoms with Crippen LogP contribution in [0.5, 0.6) is 0 Å². The number of hydrogen-bond acceptors (Lipinski definition) is 5. The lowest BCUT2D eigenvalue weighted by Crippen LogP contribution is -2.13. The molecule has 5 nitrogen and oxygen atoms in total. The van der Waals surface area contributed by atoms with E-state index in [1.165, 1.54) is 35.1 Å². The molecule has 0 spiro atoms. The largest absolute Gasteiger partial charge is 0.457 e. The molecule has 2 heterocycles. The quantitative estimate of drug-likeness (QED) is 0.293. The first kappa shape index (κ1) is 21.2. The number of benzene rings is 2. The summed E-state index contributed by atoms with van der Waals surface area (Å²) in [7, 11) is 0. The Morgan fingerprint density at radius 1 is 1.16 bits per heavy atom. The number of nitriles is 1. The van der Waals surface area contributed by atoms with Crippen molar-refractivity contribution in [3.8, 4) is 17.4 Å². The predicted octanol–water partition coefficient (Wildman–Crippen LogP) is 5.99. The summed E-state index contributed by atoms with van der Waals surface area (Å²) in [6, 6.07) is 19.3. The van der Waals surface area contributed by atoms with Crippen molar-refractivity contribution < 1.29 is 13.6 Å². The number of anilines is 1. The smallest absolute Gasteiger partial charge is 0.268 e. The molecular formula is C25H18FN3O2S. The fourth-order valence-corrected chi connectivity index (χ4v) is 3.85. The standard InChI is InChI=1S/C25H18FN3O2S/c1-16-2-4-17(5-3-16)12-22-15-28-25(32-22)29-24(30)19(14-27)13-21-10-11-23(31-21)18-6-8-20(26)9-7-18/h2-11,13,15H,12H2,1H3,(H,28,29,30)/b19-13-. The van der Waals surface area contributed by atoms with E-state index in [1.807, 2.05) is 13.0 Å². The van der Waals surface area contributed by atoms with Crippen molar-refractivity contribution in [3.05, 3.63) is 100 Å². The summed E-state index contributed by atoms with van der Waals surface area (Å²) in [5.41, 5.74) is 2.94. The molecule has 1 N–H and O–H groups in total.